The van der Waals surface area contributed by atoms with Crippen molar-refractivity contribution in [3.05, 3.63) is 82.5 Å². The number of aliphatic hydroxyl groups is 4. The molecule has 1 aliphatic heterocycles. The van der Waals surface area contributed by atoms with E-state index in [0.717, 1.165) is 28.8 Å². The fourth-order valence-corrected chi connectivity index (χ4v) is 4.36. The second-order valence-corrected chi connectivity index (χ2v) is 9.29. The highest BCUT2D eigenvalue weighted by molar-refractivity contribution is 5.37. The van der Waals surface area contributed by atoms with Gasteiger partial charge in [-0.05, 0) is 30.0 Å². The van der Waals surface area contributed by atoms with Crippen molar-refractivity contribution in [1.82, 2.24) is 9.78 Å². The lowest BCUT2D eigenvalue weighted by molar-refractivity contribution is -0.278. The SMILES string of the molecule is CCc1ccc(Cc2c(O[C@@H]3O[C@H](CO)[C@@H](O)[C@H](O)[C@H]3O)nn(CCOCc3ccccc3)c2C)cc1. The van der Waals surface area contributed by atoms with Crippen LogP contribution in [0.2, 0.25) is 0 Å². The average molecular weight is 513 g/mol. The molecule has 1 fully saturated rings. The van der Waals surface area contributed by atoms with E-state index >= 15 is 0 Å². The summed E-state index contributed by atoms with van der Waals surface area (Å²) in [4.78, 5) is 0. The van der Waals surface area contributed by atoms with Gasteiger partial charge in [-0.15, -0.1) is 5.10 Å². The molecule has 0 unspecified atom stereocenters. The molecule has 37 heavy (non-hydrogen) atoms. The number of benzene rings is 2. The molecule has 3 aromatic rings. The zero-order chi connectivity index (χ0) is 26.4. The highest BCUT2D eigenvalue weighted by atomic mass is 16.7. The predicted molar refractivity (Wildman–Crippen MR) is 136 cm³/mol. The molecule has 4 N–H and O–H groups in total. The van der Waals surface area contributed by atoms with Crippen molar-refractivity contribution in [3.8, 4) is 5.88 Å². The number of aromatic nitrogens is 2. The Morgan fingerprint density at radius 2 is 1.62 bits per heavy atom. The molecule has 0 bridgehead atoms. The third-order valence-corrected chi connectivity index (χ3v) is 6.74. The Balaban J connectivity index is 1.53. The Morgan fingerprint density at radius 1 is 0.919 bits per heavy atom. The summed E-state index contributed by atoms with van der Waals surface area (Å²) in [7, 11) is 0. The summed E-state index contributed by atoms with van der Waals surface area (Å²) in [6.07, 6.45) is -5.40. The lowest BCUT2D eigenvalue weighted by Gasteiger charge is -2.39. The van der Waals surface area contributed by atoms with Crippen molar-refractivity contribution in [2.24, 2.45) is 0 Å². The number of aliphatic hydroxyl groups excluding tert-OH is 4. The molecule has 0 amide bonds. The highest BCUT2D eigenvalue weighted by Crippen LogP contribution is 2.29. The summed E-state index contributed by atoms with van der Waals surface area (Å²) in [5, 5.41) is 44.9. The van der Waals surface area contributed by atoms with E-state index < -0.39 is 37.3 Å². The third kappa shape index (κ3) is 6.56. The minimum absolute atomic E-state index is 0.254. The van der Waals surface area contributed by atoms with Gasteiger partial charge in [0.2, 0.25) is 12.2 Å². The van der Waals surface area contributed by atoms with E-state index in [-0.39, 0.29) is 5.88 Å². The lowest BCUT2D eigenvalue weighted by Crippen LogP contribution is -2.60. The fraction of sp³-hybridized carbons (Fsp3) is 0.464. The molecular formula is C28H36N2O7. The summed E-state index contributed by atoms with van der Waals surface area (Å²) >= 11 is 0. The van der Waals surface area contributed by atoms with Crippen LogP contribution in [0.3, 0.4) is 0 Å². The smallest absolute Gasteiger partial charge is 0.239 e. The molecule has 0 saturated carbocycles. The first kappa shape index (κ1) is 27.3. The van der Waals surface area contributed by atoms with Crippen molar-refractivity contribution < 1.29 is 34.6 Å². The average Bonchev–Trinajstić information content (AvgIpc) is 3.21. The standard InChI is InChI=1S/C28H36N2O7/c1-3-19-9-11-20(12-10-19)15-22-18(2)30(13-14-35-17-21-7-5-4-6-8-21)29-27(22)37-28-26(34)25(33)24(32)23(16-31)36-28/h4-12,23-26,28,31-34H,3,13-17H2,1-2H3/t23-,24-,25+,26-,28+/m1/s1. The molecule has 2 aromatic carbocycles. The molecule has 4 rings (SSSR count). The Bertz CT molecular complexity index is 1120. The normalized spacial score (nSPS) is 23.8. The maximum atomic E-state index is 10.5. The van der Waals surface area contributed by atoms with Crippen LogP contribution in [0.4, 0.5) is 0 Å². The van der Waals surface area contributed by atoms with Crippen LogP contribution in [0.5, 0.6) is 5.88 Å². The Morgan fingerprint density at radius 3 is 2.30 bits per heavy atom. The summed E-state index contributed by atoms with van der Waals surface area (Å²) in [6, 6.07) is 18.2. The first-order valence-electron chi connectivity index (χ1n) is 12.6. The van der Waals surface area contributed by atoms with Gasteiger partial charge in [-0.1, -0.05) is 61.5 Å². The highest BCUT2D eigenvalue weighted by Gasteiger charge is 2.45. The zero-order valence-corrected chi connectivity index (χ0v) is 21.2. The van der Waals surface area contributed by atoms with Crippen molar-refractivity contribution in [2.45, 2.75) is 70.5 Å². The summed E-state index contributed by atoms with van der Waals surface area (Å²) < 4.78 is 19.2. The van der Waals surface area contributed by atoms with Crippen LogP contribution < -0.4 is 4.74 Å². The zero-order valence-electron chi connectivity index (χ0n) is 21.2. The third-order valence-electron chi connectivity index (χ3n) is 6.74. The van der Waals surface area contributed by atoms with Crippen molar-refractivity contribution in [1.29, 1.82) is 0 Å². The number of hydrogen-bond donors (Lipinski definition) is 4. The summed E-state index contributed by atoms with van der Waals surface area (Å²) in [5.41, 5.74) is 5.08. The largest absolute Gasteiger partial charge is 0.443 e. The molecule has 0 aliphatic carbocycles. The molecular weight excluding hydrogens is 476 g/mol. The molecule has 0 spiro atoms. The van der Waals surface area contributed by atoms with Gasteiger partial charge in [-0.2, -0.15) is 0 Å². The molecule has 200 valence electrons. The van der Waals surface area contributed by atoms with Crippen LogP contribution in [0.25, 0.3) is 0 Å². The molecule has 9 heteroatoms. The molecule has 2 heterocycles. The minimum Gasteiger partial charge on any atom is -0.443 e. The van der Waals surface area contributed by atoms with Crippen molar-refractivity contribution >= 4 is 0 Å². The maximum Gasteiger partial charge on any atom is 0.239 e. The van der Waals surface area contributed by atoms with Crippen LogP contribution >= 0.6 is 0 Å². The van der Waals surface area contributed by atoms with Crippen LogP contribution in [-0.2, 0) is 35.5 Å². The summed E-state index contributed by atoms with van der Waals surface area (Å²) in [6.45, 7) is 4.93. The van der Waals surface area contributed by atoms with Gasteiger partial charge in [-0.3, -0.25) is 4.68 Å². The van der Waals surface area contributed by atoms with E-state index in [9.17, 15) is 20.4 Å². The Kier molecular flexibility index (Phi) is 9.31. The lowest BCUT2D eigenvalue weighted by atomic mass is 9.99. The molecule has 1 saturated heterocycles. The van der Waals surface area contributed by atoms with E-state index in [4.69, 9.17) is 14.2 Å². The molecule has 0 radical (unpaired) electrons. The van der Waals surface area contributed by atoms with E-state index in [1.54, 1.807) is 4.68 Å². The van der Waals surface area contributed by atoms with E-state index in [1.165, 1.54) is 5.56 Å². The van der Waals surface area contributed by atoms with Crippen LogP contribution in [0, 0.1) is 6.92 Å². The van der Waals surface area contributed by atoms with E-state index in [2.05, 4.69) is 36.3 Å². The molecule has 1 aliphatic rings. The topological polar surface area (TPSA) is 126 Å². The monoisotopic (exact) mass is 512 g/mol. The van der Waals surface area contributed by atoms with Gasteiger partial charge in [0.15, 0.2) is 0 Å². The van der Waals surface area contributed by atoms with Gasteiger partial charge in [0.25, 0.3) is 0 Å². The van der Waals surface area contributed by atoms with Gasteiger partial charge in [0.05, 0.1) is 26.4 Å². The van der Waals surface area contributed by atoms with Gasteiger partial charge >= 0.3 is 0 Å². The number of rotatable bonds is 11. The van der Waals surface area contributed by atoms with E-state index in [1.807, 2.05) is 37.3 Å². The first-order chi connectivity index (χ1) is 17.9. The van der Waals surface area contributed by atoms with E-state index in [0.29, 0.717) is 26.2 Å². The quantitative estimate of drug-likeness (QED) is 0.286. The molecule has 5 atom stereocenters. The Hall–Kier alpha value is -2.79. The van der Waals surface area contributed by atoms with Crippen molar-refractivity contribution in [2.75, 3.05) is 13.2 Å². The van der Waals surface area contributed by atoms with Crippen molar-refractivity contribution in [3.63, 3.8) is 0 Å². The molecule has 1 aromatic heterocycles. The first-order valence-corrected chi connectivity index (χ1v) is 12.6. The van der Waals surface area contributed by atoms with Gasteiger partial charge in [-0.25, -0.2) is 0 Å². The Labute approximate surface area is 216 Å². The van der Waals surface area contributed by atoms with Gasteiger partial charge in [0.1, 0.15) is 24.4 Å². The maximum absolute atomic E-state index is 10.5. The van der Waals surface area contributed by atoms with Gasteiger partial charge < -0.3 is 34.6 Å². The number of aryl methyl sites for hydroxylation is 1. The fourth-order valence-electron chi connectivity index (χ4n) is 4.36. The number of nitrogens with zero attached hydrogens (tertiary/aromatic N) is 2. The second-order valence-electron chi connectivity index (χ2n) is 9.29. The predicted octanol–water partition coefficient (Wildman–Crippen LogP) is 1.74. The summed E-state index contributed by atoms with van der Waals surface area (Å²) in [5.74, 6) is 0.254. The van der Waals surface area contributed by atoms with Crippen LogP contribution in [-0.4, -0.2) is 74.1 Å². The minimum atomic E-state index is -1.53. The van der Waals surface area contributed by atoms with Crippen LogP contribution in [0.1, 0.15) is 34.9 Å². The second kappa shape index (κ2) is 12.6. The number of ether oxygens (including phenoxy) is 3. The molecule has 9 nitrogen and oxygen atoms in total. The van der Waals surface area contributed by atoms with Crippen LogP contribution in [0.15, 0.2) is 54.6 Å². The number of hydrogen-bond acceptors (Lipinski definition) is 8. The van der Waals surface area contributed by atoms with Gasteiger partial charge in [0, 0.05) is 17.7 Å².